The molecule has 5 nitrogen and oxygen atoms in total. The predicted molar refractivity (Wildman–Crippen MR) is 115 cm³/mol. The monoisotopic (exact) mass is 424 g/mol. The third kappa shape index (κ3) is 5.61. The van der Waals surface area contributed by atoms with Crippen molar-refractivity contribution in [2.24, 2.45) is 5.41 Å². The van der Waals surface area contributed by atoms with Gasteiger partial charge in [0.05, 0.1) is 12.0 Å². The fourth-order valence-electron chi connectivity index (χ4n) is 3.29. The van der Waals surface area contributed by atoms with Crippen LogP contribution >= 0.6 is 24.0 Å². The van der Waals surface area contributed by atoms with Gasteiger partial charge in [0.1, 0.15) is 12.4 Å². The summed E-state index contributed by atoms with van der Waals surface area (Å²) in [5, 5.41) is 7.00. The van der Waals surface area contributed by atoms with Gasteiger partial charge in [0.15, 0.2) is 0 Å². The quantitative estimate of drug-likeness (QED) is 0.695. The Morgan fingerprint density at radius 3 is 2.46 bits per heavy atom. The lowest BCUT2D eigenvalue weighted by molar-refractivity contribution is -0.130. The number of hydrogen-bond acceptors (Lipinski definition) is 4. The van der Waals surface area contributed by atoms with Gasteiger partial charge in [-0.05, 0) is 56.3 Å². The number of carbonyl (C=O) groups is 1. The van der Waals surface area contributed by atoms with Gasteiger partial charge in [0, 0.05) is 23.4 Å². The summed E-state index contributed by atoms with van der Waals surface area (Å²) in [5.41, 5.74) is 1.21. The summed E-state index contributed by atoms with van der Waals surface area (Å²) in [5.74, 6) is 0.733. The molecule has 0 aromatic heterocycles. The SMILES string of the molecule is COCC1(C(=O)Nc2ccc(OCc3ccccc3Cl)cc2)CCNCC1.Cl. The molecule has 2 aromatic rings. The minimum absolute atomic E-state index is 0. The van der Waals surface area contributed by atoms with Crippen LogP contribution in [-0.2, 0) is 16.1 Å². The number of anilines is 1. The molecule has 1 saturated heterocycles. The molecule has 1 amide bonds. The van der Waals surface area contributed by atoms with E-state index in [4.69, 9.17) is 21.1 Å². The fraction of sp³-hybridized carbons (Fsp3) is 0.381. The normalized spacial score (nSPS) is 15.4. The first-order valence-electron chi connectivity index (χ1n) is 9.10. The minimum Gasteiger partial charge on any atom is -0.489 e. The van der Waals surface area contributed by atoms with Crippen LogP contribution in [0, 0.1) is 5.41 Å². The number of rotatable bonds is 7. The Labute approximate surface area is 177 Å². The lowest BCUT2D eigenvalue weighted by atomic mass is 9.78. The van der Waals surface area contributed by atoms with Gasteiger partial charge in [0.25, 0.3) is 0 Å². The van der Waals surface area contributed by atoms with E-state index in [9.17, 15) is 4.79 Å². The second-order valence-electron chi connectivity index (χ2n) is 6.82. The second-order valence-corrected chi connectivity index (χ2v) is 7.23. The Balaban J connectivity index is 0.00000280. The van der Waals surface area contributed by atoms with E-state index < -0.39 is 5.41 Å². The third-order valence-electron chi connectivity index (χ3n) is 4.93. The molecule has 0 radical (unpaired) electrons. The third-order valence-corrected chi connectivity index (χ3v) is 5.30. The summed E-state index contributed by atoms with van der Waals surface area (Å²) in [7, 11) is 1.64. The highest BCUT2D eigenvalue weighted by Gasteiger charge is 2.39. The van der Waals surface area contributed by atoms with Gasteiger partial charge in [-0.2, -0.15) is 0 Å². The van der Waals surface area contributed by atoms with Crippen LogP contribution in [0.15, 0.2) is 48.5 Å². The van der Waals surface area contributed by atoms with E-state index in [1.165, 1.54) is 0 Å². The Kier molecular flexibility index (Phi) is 8.58. The first kappa shape index (κ1) is 22.5. The molecule has 0 atom stereocenters. The molecule has 2 aromatic carbocycles. The van der Waals surface area contributed by atoms with Crippen LogP contribution in [0.4, 0.5) is 5.69 Å². The smallest absolute Gasteiger partial charge is 0.233 e. The molecule has 0 spiro atoms. The molecule has 1 heterocycles. The van der Waals surface area contributed by atoms with Gasteiger partial charge >= 0.3 is 0 Å². The van der Waals surface area contributed by atoms with Gasteiger partial charge in [-0.3, -0.25) is 4.79 Å². The first-order chi connectivity index (χ1) is 13.1. The van der Waals surface area contributed by atoms with E-state index in [2.05, 4.69) is 10.6 Å². The number of piperidine rings is 1. The predicted octanol–water partition coefficient (Wildman–Crippen LogP) is 4.30. The van der Waals surface area contributed by atoms with Crippen molar-refractivity contribution in [3.63, 3.8) is 0 Å². The number of halogens is 2. The summed E-state index contributed by atoms with van der Waals surface area (Å²) in [6, 6.07) is 15.0. The van der Waals surface area contributed by atoms with Crippen molar-refractivity contribution in [3.8, 4) is 5.75 Å². The van der Waals surface area contributed by atoms with Crippen LogP contribution in [0.3, 0.4) is 0 Å². The van der Waals surface area contributed by atoms with Crippen LogP contribution in [-0.4, -0.2) is 32.7 Å². The van der Waals surface area contributed by atoms with Crippen LogP contribution in [0.25, 0.3) is 0 Å². The van der Waals surface area contributed by atoms with E-state index in [0.717, 1.165) is 42.9 Å². The summed E-state index contributed by atoms with van der Waals surface area (Å²) >= 11 is 6.14. The molecule has 152 valence electrons. The Hall–Kier alpha value is -1.79. The standard InChI is InChI=1S/C21H25ClN2O3.ClH/c1-26-15-21(10-12-23-13-11-21)20(25)24-17-6-8-18(9-7-17)27-14-16-4-2-3-5-19(16)22;/h2-9,23H,10-15H2,1H3,(H,24,25);1H. The molecule has 7 heteroatoms. The number of methoxy groups -OCH3 is 1. The largest absolute Gasteiger partial charge is 0.489 e. The number of amides is 1. The number of ether oxygens (including phenoxy) is 2. The highest BCUT2D eigenvalue weighted by atomic mass is 35.5. The van der Waals surface area contributed by atoms with E-state index >= 15 is 0 Å². The minimum atomic E-state index is -0.473. The zero-order valence-corrected chi connectivity index (χ0v) is 17.4. The summed E-state index contributed by atoms with van der Waals surface area (Å²) in [6.07, 6.45) is 1.54. The fourth-order valence-corrected chi connectivity index (χ4v) is 3.48. The number of benzene rings is 2. The molecule has 28 heavy (non-hydrogen) atoms. The lowest BCUT2D eigenvalue weighted by Crippen LogP contribution is -2.47. The number of carbonyl (C=O) groups excluding carboxylic acids is 1. The Morgan fingerprint density at radius 1 is 1.14 bits per heavy atom. The van der Waals surface area contributed by atoms with Crippen LogP contribution in [0.1, 0.15) is 18.4 Å². The van der Waals surface area contributed by atoms with Gasteiger partial charge in [-0.15, -0.1) is 12.4 Å². The molecule has 1 aliphatic heterocycles. The highest BCUT2D eigenvalue weighted by molar-refractivity contribution is 6.31. The van der Waals surface area contributed by atoms with Crippen molar-refractivity contribution in [3.05, 3.63) is 59.1 Å². The van der Waals surface area contributed by atoms with Crippen molar-refractivity contribution in [2.45, 2.75) is 19.4 Å². The van der Waals surface area contributed by atoms with Crippen molar-refractivity contribution >= 4 is 35.6 Å². The Bertz CT molecular complexity index is 757. The van der Waals surface area contributed by atoms with Gasteiger partial charge in [-0.25, -0.2) is 0 Å². The maximum Gasteiger partial charge on any atom is 0.233 e. The molecular weight excluding hydrogens is 399 g/mol. The molecular formula is C21H26Cl2N2O3. The zero-order valence-electron chi connectivity index (χ0n) is 15.9. The average molecular weight is 425 g/mol. The molecule has 1 aliphatic rings. The van der Waals surface area contributed by atoms with Gasteiger partial charge < -0.3 is 20.1 Å². The highest BCUT2D eigenvalue weighted by Crippen LogP contribution is 2.31. The maximum absolute atomic E-state index is 12.8. The lowest BCUT2D eigenvalue weighted by Gasteiger charge is -2.35. The van der Waals surface area contributed by atoms with Crippen LogP contribution in [0.5, 0.6) is 5.75 Å². The zero-order chi connectivity index (χ0) is 19.1. The van der Waals surface area contributed by atoms with E-state index in [-0.39, 0.29) is 18.3 Å². The van der Waals surface area contributed by atoms with Gasteiger partial charge in [-0.1, -0.05) is 29.8 Å². The van der Waals surface area contributed by atoms with E-state index in [1.807, 2.05) is 48.5 Å². The van der Waals surface area contributed by atoms with Crippen molar-refractivity contribution in [1.29, 1.82) is 0 Å². The van der Waals surface area contributed by atoms with E-state index in [0.29, 0.717) is 18.2 Å². The summed E-state index contributed by atoms with van der Waals surface area (Å²) in [4.78, 5) is 12.8. The topological polar surface area (TPSA) is 59.6 Å². The molecule has 0 bridgehead atoms. The molecule has 1 fully saturated rings. The average Bonchev–Trinajstić information content (AvgIpc) is 2.69. The number of nitrogens with one attached hydrogen (secondary N) is 2. The van der Waals surface area contributed by atoms with Crippen LogP contribution < -0.4 is 15.4 Å². The van der Waals surface area contributed by atoms with Crippen molar-refractivity contribution in [2.75, 3.05) is 32.1 Å². The van der Waals surface area contributed by atoms with Crippen molar-refractivity contribution in [1.82, 2.24) is 5.32 Å². The Morgan fingerprint density at radius 2 is 1.82 bits per heavy atom. The number of hydrogen-bond donors (Lipinski definition) is 2. The second kappa shape index (κ2) is 10.7. The van der Waals surface area contributed by atoms with Crippen LogP contribution in [0.2, 0.25) is 5.02 Å². The van der Waals surface area contributed by atoms with E-state index in [1.54, 1.807) is 7.11 Å². The first-order valence-corrected chi connectivity index (χ1v) is 9.48. The molecule has 2 N–H and O–H groups in total. The summed E-state index contributed by atoms with van der Waals surface area (Å²) < 4.78 is 11.1. The van der Waals surface area contributed by atoms with Crippen molar-refractivity contribution < 1.29 is 14.3 Å². The molecule has 0 aliphatic carbocycles. The maximum atomic E-state index is 12.8. The van der Waals surface area contributed by atoms with Gasteiger partial charge in [0.2, 0.25) is 5.91 Å². The summed E-state index contributed by atoms with van der Waals surface area (Å²) in [6.45, 7) is 2.48. The molecule has 0 saturated carbocycles. The molecule has 3 rings (SSSR count). The molecule has 0 unspecified atom stereocenters.